The fourth-order valence-electron chi connectivity index (χ4n) is 1.92. The molecule has 1 aromatic carbocycles. The van der Waals surface area contributed by atoms with Gasteiger partial charge in [0.05, 0.1) is 13.2 Å². The lowest BCUT2D eigenvalue weighted by atomic mass is 10.1. The van der Waals surface area contributed by atoms with E-state index in [-0.39, 0.29) is 11.9 Å². The van der Waals surface area contributed by atoms with Crippen LogP contribution in [-0.4, -0.2) is 36.0 Å². The molecular weight excluding hydrogens is 292 g/mol. The Kier molecular flexibility index (Phi) is 4.48. The zero-order valence-corrected chi connectivity index (χ0v) is 10.9. The van der Waals surface area contributed by atoms with Crippen molar-refractivity contribution < 1.29 is 13.5 Å². The first-order valence-corrected chi connectivity index (χ1v) is 6.64. The molecule has 1 atom stereocenters. The van der Waals surface area contributed by atoms with Gasteiger partial charge in [-0.25, -0.2) is 8.78 Å². The summed E-state index contributed by atoms with van der Waals surface area (Å²) in [5.74, 6) is -0.753. The van der Waals surface area contributed by atoms with Crippen molar-refractivity contribution in [3.8, 4) is 0 Å². The molecule has 0 N–H and O–H groups in total. The molecule has 1 fully saturated rings. The summed E-state index contributed by atoms with van der Waals surface area (Å²) in [6, 6.07) is 3.79. The Balaban J connectivity index is 2.10. The number of alkyl halides is 1. The van der Waals surface area contributed by atoms with Gasteiger partial charge in [-0.15, -0.1) is 0 Å². The van der Waals surface area contributed by atoms with Crippen LogP contribution in [0.15, 0.2) is 18.2 Å². The number of halogens is 3. The van der Waals surface area contributed by atoms with Gasteiger partial charge in [-0.3, -0.25) is 4.90 Å². The summed E-state index contributed by atoms with van der Waals surface area (Å²) in [5, 5.41) is 0.768. The van der Waals surface area contributed by atoms with Crippen LogP contribution in [0.4, 0.5) is 8.78 Å². The molecule has 0 saturated carbocycles. The molecule has 2 rings (SSSR count). The summed E-state index contributed by atoms with van der Waals surface area (Å²) in [6.45, 7) is 2.43. The first-order chi connectivity index (χ1) is 8.20. The molecule has 0 aromatic heterocycles. The van der Waals surface area contributed by atoms with Crippen molar-refractivity contribution in [2.75, 3.05) is 25.1 Å². The van der Waals surface area contributed by atoms with Crippen molar-refractivity contribution >= 4 is 15.9 Å². The molecule has 1 aliphatic rings. The Hall–Kier alpha value is -0.520. The largest absolute Gasteiger partial charge is 0.378 e. The topological polar surface area (TPSA) is 12.5 Å². The van der Waals surface area contributed by atoms with Gasteiger partial charge in [-0.2, -0.15) is 0 Å². The summed E-state index contributed by atoms with van der Waals surface area (Å²) in [5.41, 5.74) is 0.401. The lowest BCUT2D eigenvalue weighted by Gasteiger charge is -2.34. The van der Waals surface area contributed by atoms with E-state index >= 15 is 0 Å². The molecule has 1 aromatic rings. The third kappa shape index (κ3) is 3.24. The lowest BCUT2D eigenvalue weighted by Crippen LogP contribution is -2.45. The van der Waals surface area contributed by atoms with Crippen molar-refractivity contribution in [2.45, 2.75) is 12.6 Å². The zero-order valence-electron chi connectivity index (χ0n) is 9.33. The van der Waals surface area contributed by atoms with Crippen LogP contribution in [0.2, 0.25) is 0 Å². The second-order valence-electron chi connectivity index (χ2n) is 4.09. The number of benzene rings is 1. The summed E-state index contributed by atoms with van der Waals surface area (Å²) >= 11 is 3.41. The Morgan fingerprint density at radius 2 is 2.24 bits per heavy atom. The van der Waals surface area contributed by atoms with E-state index in [0.29, 0.717) is 25.3 Å². The minimum absolute atomic E-state index is 0.214. The van der Waals surface area contributed by atoms with E-state index < -0.39 is 5.82 Å². The molecule has 1 aliphatic heterocycles. The van der Waals surface area contributed by atoms with Crippen LogP contribution in [0.5, 0.6) is 0 Å². The Bertz CT molecular complexity index is 389. The number of hydrogen-bond donors (Lipinski definition) is 0. The maximum absolute atomic E-state index is 13.5. The smallest absolute Gasteiger partial charge is 0.127 e. The van der Waals surface area contributed by atoms with E-state index in [2.05, 4.69) is 20.8 Å². The molecule has 1 saturated heterocycles. The monoisotopic (exact) mass is 305 g/mol. The predicted octanol–water partition coefficient (Wildman–Crippen LogP) is 2.56. The molecular formula is C12H14BrF2NO. The number of ether oxygens (including phenoxy) is 1. The third-order valence-electron chi connectivity index (χ3n) is 2.91. The van der Waals surface area contributed by atoms with Gasteiger partial charge < -0.3 is 4.74 Å². The van der Waals surface area contributed by atoms with Gasteiger partial charge in [0, 0.05) is 30.0 Å². The molecule has 0 radical (unpaired) electrons. The normalized spacial score (nSPS) is 21.7. The number of rotatable bonds is 3. The molecule has 0 aliphatic carbocycles. The molecule has 1 unspecified atom stereocenters. The van der Waals surface area contributed by atoms with Crippen molar-refractivity contribution in [1.82, 2.24) is 4.90 Å². The number of nitrogens with zero attached hydrogens (tertiary/aromatic N) is 1. The lowest BCUT2D eigenvalue weighted by molar-refractivity contribution is -0.00259. The molecule has 0 spiro atoms. The highest BCUT2D eigenvalue weighted by Crippen LogP contribution is 2.17. The summed E-state index contributed by atoms with van der Waals surface area (Å²) in [7, 11) is 0. The first-order valence-electron chi connectivity index (χ1n) is 5.52. The average Bonchev–Trinajstić information content (AvgIpc) is 2.34. The maximum atomic E-state index is 13.5. The number of hydrogen-bond acceptors (Lipinski definition) is 2. The van der Waals surface area contributed by atoms with Gasteiger partial charge >= 0.3 is 0 Å². The van der Waals surface area contributed by atoms with E-state index in [4.69, 9.17) is 4.74 Å². The molecule has 0 amide bonds. The van der Waals surface area contributed by atoms with Crippen LogP contribution in [0, 0.1) is 11.6 Å². The molecule has 2 nitrogen and oxygen atoms in total. The van der Waals surface area contributed by atoms with Gasteiger partial charge in [-0.1, -0.05) is 15.9 Å². The average molecular weight is 306 g/mol. The van der Waals surface area contributed by atoms with E-state index in [0.717, 1.165) is 17.9 Å². The SMILES string of the molecule is Fc1ccc(F)c(CN2CCOCC2CBr)c1. The highest BCUT2D eigenvalue weighted by molar-refractivity contribution is 9.09. The van der Waals surface area contributed by atoms with Crippen LogP contribution in [0.25, 0.3) is 0 Å². The van der Waals surface area contributed by atoms with Gasteiger partial charge in [0.25, 0.3) is 0 Å². The minimum Gasteiger partial charge on any atom is -0.378 e. The van der Waals surface area contributed by atoms with E-state index in [1.807, 2.05) is 0 Å². The van der Waals surface area contributed by atoms with Crippen LogP contribution in [0.3, 0.4) is 0 Å². The van der Waals surface area contributed by atoms with Crippen molar-refractivity contribution in [2.24, 2.45) is 0 Å². The fourth-order valence-corrected chi connectivity index (χ4v) is 2.52. The van der Waals surface area contributed by atoms with Gasteiger partial charge in [0.15, 0.2) is 0 Å². The summed E-state index contributed by atoms with van der Waals surface area (Å²) in [6.07, 6.45) is 0. The van der Waals surface area contributed by atoms with Crippen LogP contribution in [-0.2, 0) is 11.3 Å². The Labute approximate surface area is 108 Å². The summed E-state index contributed by atoms with van der Waals surface area (Å²) in [4.78, 5) is 2.11. The summed E-state index contributed by atoms with van der Waals surface area (Å²) < 4.78 is 31.9. The van der Waals surface area contributed by atoms with E-state index in [1.54, 1.807) is 0 Å². The second kappa shape index (κ2) is 5.89. The molecule has 1 heterocycles. The van der Waals surface area contributed by atoms with Crippen molar-refractivity contribution in [1.29, 1.82) is 0 Å². The molecule has 94 valence electrons. The fraction of sp³-hybridized carbons (Fsp3) is 0.500. The van der Waals surface area contributed by atoms with Gasteiger partial charge in [-0.05, 0) is 18.2 Å². The zero-order chi connectivity index (χ0) is 12.3. The maximum Gasteiger partial charge on any atom is 0.127 e. The molecule has 0 bridgehead atoms. The van der Waals surface area contributed by atoms with Crippen LogP contribution < -0.4 is 0 Å². The Morgan fingerprint density at radius 1 is 1.41 bits per heavy atom. The molecule has 17 heavy (non-hydrogen) atoms. The van der Waals surface area contributed by atoms with E-state index in [9.17, 15) is 8.78 Å². The van der Waals surface area contributed by atoms with Gasteiger partial charge in [0.2, 0.25) is 0 Å². The minimum atomic E-state index is -0.398. The second-order valence-corrected chi connectivity index (χ2v) is 4.74. The van der Waals surface area contributed by atoms with E-state index in [1.165, 1.54) is 12.1 Å². The predicted molar refractivity (Wildman–Crippen MR) is 65.2 cm³/mol. The van der Waals surface area contributed by atoms with Crippen LogP contribution in [0.1, 0.15) is 5.56 Å². The van der Waals surface area contributed by atoms with Crippen molar-refractivity contribution in [3.05, 3.63) is 35.4 Å². The highest BCUT2D eigenvalue weighted by Gasteiger charge is 2.22. The van der Waals surface area contributed by atoms with Crippen LogP contribution >= 0.6 is 15.9 Å². The third-order valence-corrected chi connectivity index (χ3v) is 3.66. The first kappa shape index (κ1) is 12.9. The standard InChI is InChI=1S/C12H14BrF2NO/c13-6-11-8-17-4-3-16(11)7-9-5-10(14)1-2-12(9)15/h1-2,5,11H,3-4,6-8H2. The van der Waals surface area contributed by atoms with Crippen molar-refractivity contribution in [3.63, 3.8) is 0 Å². The molecule has 5 heteroatoms. The van der Waals surface area contributed by atoms with Gasteiger partial charge in [0.1, 0.15) is 11.6 Å². The Morgan fingerprint density at radius 3 is 3.00 bits per heavy atom. The quantitative estimate of drug-likeness (QED) is 0.796. The number of morpholine rings is 1. The highest BCUT2D eigenvalue weighted by atomic mass is 79.9.